The smallest absolute Gasteiger partial charge is 0.225 e. The minimum Gasteiger partial charge on any atom is -0.373 e. The Morgan fingerprint density at radius 1 is 0.955 bits per heavy atom. The molecule has 0 saturated carbocycles. The summed E-state index contributed by atoms with van der Waals surface area (Å²) in [5.41, 5.74) is 2.33. The van der Waals surface area contributed by atoms with Gasteiger partial charge < -0.3 is 9.64 Å². The molecule has 3 rings (SSSR count). The van der Waals surface area contributed by atoms with Gasteiger partial charge in [0.25, 0.3) is 0 Å². The van der Waals surface area contributed by atoms with Crippen molar-refractivity contribution in [2.75, 3.05) is 6.54 Å². The van der Waals surface area contributed by atoms with Crippen molar-refractivity contribution in [2.45, 2.75) is 32.1 Å². The standard InChI is InChI=1S/C19H21NO2/c21-19-13-18(22-15-17-9-5-2-6-10-17)11-12-20(19)14-16-7-3-1-4-8-16/h1-10,18H,11-15H2. The number of piperidine rings is 1. The molecule has 2 aromatic carbocycles. The normalized spacial score (nSPS) is 18.5. The lowest BCUT2D eigenvalue weighted by molar-refractivity contribution is -0.140. The minimum absolute atomic E-state index is 0.0414. The molecular formula is C19H21NO2. The summed E-state index contributed by atoms with van der Waals surface area (Å²) in [6.07, 6.45) is 1.44. The van der Waals surface area contributed by atoms with E-state index < -0.39 is 0 Å². The molecule has 1 unspecified atom stereocenters. The highest BCUT2D eigenvalue weighted by molar-refractivity contribution is 5.77. The molecule has 1 aliphatic heterocycles. The molecule has 0 N–H and O–H groups in total. The zero-order valence-electron chi connectivity index (χ0n) is 12.7. The Labute approximate surface area is 131 Å². The summed E-state index contributed by atoms with van der Waals surface area (Å²) in [6, 6.07) is 20.2. The van der Waals surface area contributed by atoms with Crippen LogP contribution in [-0.2, 0) is 22.7 Å². The first-order chi connectivity index (χ1) is 10.8. The summed E-state index contributed by atoms with van der Waals surface area (Å²) in [6.45, 7) is 2.05. The predicted molar refractivity (Wildman–Crippen MR) is 86.1 cm³/mol. The van der Waals surface area contributed by atoms with E-state index in [4.69, 9.17) is 4.74 Å². The Bertz CT molecular complexity index is 597. The number of hydrogen-bond acceptors (Lipinski definition) is 2. The average molecular weight is 295 g/mol. The van der Waals surface area contributed by atoms with E-state index in [9.17, 15) is 4.79 Å². The van der Waals surface area contributed by atoms with Crippen molar-refractivity contribution in [3.8, 4) is 0 Å². The summed E-state index contributed by atoms with van der Waals surface area (Å²) >= 11 is 0. The van der Waals surface area contributed by atoms with E-state index in [2.05, 4.69) is 12.1 Å². The second kappa shape index (κ2) is 7.23. The van der Waals surface area contributed by atoms with Gasteiger partial charge >= 0.3 is 0 Å². The van der Waals surface area contributed by atoms with E-state index in [1.807, 2.05) is 53.4 Å². The second-order valence-electron chi connectivity index (χ2n) is 5.71. The Hall–Kier alpha value is -2.13. The number of nitrogens with zero attached hydrogens (tertiary/aromatic N) is 1. The van der Waals surface area contributed by atoms with Gasteiger partial charge in [-0.15, -0.1) is 0 Å². The highest BCUT2D eigenvalue weighted by Crippen LogP contribution is 2.18. The number of hydrogen-bond donors (Lipinski definition) is 0. The first kappa shape index (κ1) is 14.8. The summed E-state index contributed by atoms with van der Waals surface area (Å²) < 4.78 is 5.89. The van der Waals surface area contributed by atoms with Crippen LogP contribution in [0.3, 0.4) is 0 Å². The average Bonchev–Trinajstić information content (AvgIpc) is 2.57. The molecule has 1 amide bonds. The lowest BCUT2D eigenvalue weighted by atomic mass is 10.1. The van der Waals surface area contributed by atoms with Crippen LogP contribution in [0.4, 0.5) is 0 Å². The Morgan fingerprint density at radius 3 is 2.23 bits per heavy atom. The van der Waals surface area contributed by atoms with Gasteiger partial charge in [0.1, 0.15) is 0 Å². The van der Waals surface area contributed by atoms with E-state index in [0.717, 1.165) is 18.5 Å². The third-order valence-corrected chi connectivity index (χ3v) is 4.02. The molecule has 1 atom stereocenters. The molecule has 0 aromatic heterocycles. The molecule has 1 saturated heterocycles. The molecule has 114 valence electrons. The van der Waals surface area contributed by atoms with Crippen LogP contribution in [0, 0.1) is 0 Å². The molecule has 1 fully saturated rings. The molecule has 22 heavy (non-hydrogen) atoms. The zero-order chi connectivity index (χ0) is 15.2. The number of amides is 1. The van der Waals surface area contributed by atoms with E-state index >= 15 is 0 Å². The summed E-state index contributed by atoms with van der Waals surface area (Å²) in [5, 5.41) is 0. The van der Waals surface area contributed by atoms with Gasteiger partial charge in [-0.1, -0.05) is 60.7 Å². The number of rotatable bonds is 5. The molecule has 3 heteroatoms. The quantitative estimate of drug-likeness (QED) is 0.846. The Morgan fingerprint density at radius 2 is 1.59 bits per heavy atom. The van der Waals surface area contributed by atoms with Gasteiger partial charge in [0, 0.05) is 13.1 Å². The van der Waals surface area contributed by atoms with Crippen LogP contribution < -0.4 is 0 Å². The number of benzene rings is 2. The molecule has 0 bridgehead atoms. The van der Waals surface area contributed by atoms with E-state index in [-0.39, 0.29) is 12.0 Å². The van der Waals surface area contributed by atoms with Crippen LogP contribution in [0.2, 0.25) is 0 Å². The van der Waals surface area contributed by atoms with Crippen LogP contribution in [-0.4, -0.2) is 23.5 Å². The number of ether oxygens (including phenoxy) is 1. The topological polar surface area (TPSA) is 29.5 Å². The molecule has 1 heterocycles. The molecule has 0 spiro atoms. The molecule has 0 radical (unpaired) electrons. The predicted octanol–water partition coefficient (Wildman–Crippen LogP) is 3.39. The first-order valence-corrected chi connectivity index (χ1v) is 7.78. The Kier molecular flexibility index (Phi) is 4.86. The van der Waals surface area contributed by atoms with Gasteiger partial charge in [-0.2, -0.15) is 0 Å². The Balaban J connectivity index is 1.49. The molecule has 0 aliphatic carbocycles. The third kappa shape index (κ3) is 3.95. The van der Waals surface area contributed by atoms with Crippen molar-refractivity contribution in [3.05, 3.63) is 71.8 Å². The van der Waals surface area contributed by atoms with E-state index in [0.29, 0.717) is 19.6 Å². The van der Waals surface area contributed by atoms with Crippen molar-refractivity contribution in [1.82, 2.24) is 4.90 Å². The van der Waals surface area contributed by atoms with Gasteiger partial charge in [-0.3, -0.25) is 4.79 Å². The summed E-state index contributed by atoms with van der Waals surface area (Å²) in [5.74, 6) is 0.188. The SMILES string of the molecule is O=C1CC(OCc2ccccc2)CCN1Cc1ccccc1. The number of carbonyl (C=O) groups excluding carboxylic acids is 1. The minimum atomic E-state index is 0.0414. The van der Waals surface area contributed by atoms with Crippen LogP contribution in [0.15, 0.2) is 60.7 Å². The fraction of sp³-hybridized carbons (Fsp3) is 0.316. The molecule has 1 aliphatic rings. The van der Waals surface area contributed by atoms with Crippen LogP contribution in [0.1, 0.15) is 24.0 Å². The highest BCUT2D eigenvalue weighted by atomic mass is 16.5. The van der Waals surface area contributed by atoms with Crippen molar-refractivity contribution < 1.29 is 9.53 Å². The van der Waals surface area contributed by atoms with E-state index in [1.54, 1.807) is 0 Å². The van der Waals surface area contributed by atoms with Gasteiger partial charge in [0.2, 0.25) is 5.91 Å². The zero-order valence-corrected chi connectivity index (χ0v) is 12.7. The van der Waals surface area contributed by atoms with Crippen molar-refractivity contribution in [2.24, 2.45) is 0 Å². The maximum atomic E-state index is 12.3. The highest BCUT2D eigenvalue weighted by Gasteiger charge is 2.26. The largest absolute Gasteiger partial charge is 0.373 e. The van der Waals surface area contributed by atoms with E-state index in [1.165, 1.54) is 5.56 Å². The lowest BCUT2D eigenvalue weighted by Crippen LogP contribution is -2.41. The van der Waals surface area contributed by atoms with Gasteiger partial charge in [0.15, 0.2) is 0 Å². The molecule has 2 aromatic rings. The van der Waals surface area contributed by atoms with Gasteiger partial charge in [-0.05, 0) is 17.5 Å². The number of likely N-dealkylation sites (tertiary alicyclic amines) is 1. The van der Waals surface area contributed by atoms with Crippen LogP contribution in [0.5, 0.6) is 0 Å². The molecular weight excluding hydrogens is 274 g/mol. The van der Waals surface area contributed by atoms with Crippen LogP contribution >= 0.6 is 0 Å². The fourth-order valence-electron chi connectivity index (χ4n) is 2.75. The maximum Gasteiger partial charge on any atom is 0.225 e. The van der Waals surface area contributed by atoms with Crippen molar-refractivity contribution in [1.29, 1.82) is 0 Å². The fourth-order valence-corrected chi connectivity index (χ4v) is 2.75. The van der Waals surface area contributed by atoms with Gasteiger partial charge in [0.05, 0.1) is 19.1 Å². The summed E-state index contributed by atoms with van der Waals surface area (Å²) in [4.78, 5) is 14.2. The van der Waals surface area contributed by atoms with Crippen molar-refractivity contribution in [3.63, 3.8) is 0 Å². The summed E-state index contributed by atoms with van der Waals surface area (Å²) in [7, 11) is 0. The van der Waals surface area contributed by atoms with Crippen LogP contribution in [0.25, 0.3) is 0 Å². The third-order valence-electron chi connectivity index (χ3n) is 4.02. The van der Waals surface area contributed by atoms with Crippen molar-refractivity contribution >= 4 is 5.91 Å². The second-order valence-corrected chi connectivity index (χ2v) is 5.71. The monoisotopic (exact) mass is 295 g/mol. The molecule has 3 nitrogen and oxygen atoms in total. The first-order valence-electron chi connectivity index (χ1n) is 7.78. The lowest BCUT2D eigenvalue weighted by Gasteiger charge is -2.31. The van der Waals surface area contributed by atoms with Gasteiger partial charge in [-0.25, -0.2) is 0 Å². The maximum absolute atomic E-state index is 12.3. The number of carbonyl (C=O) groups is 1.